The monoisotopic (exact) mass is 324 g/mol. The molecule has 1 saturated heterocycles. The molecule has 0 saturated carbocycles. The van der Waals surface area contributed by atoms with E-state index in [9.17, 15) is 9.90 Å². The molecule has 1 aliphatic rings. The molecule has 1 aliphatic heterocycles. The third-order valence-corrected chi connectivity index (χ3v) is 4.46. The summed E-state index contributed by atoms with van der Waals surface area (Å²) in [5, 5.41) is 25.3. The number of amides is 1. The van der Waals surface area contributed by atoms with Gasteiger partial charge in [-0.05, 0) is 6.42 Å². The zero-order valence-corrected chi connectivity index (χ0v) is 13.1. The van der Waals surface area contributed by atoms with Crippen LogP contribution >= 0.6 is 11.6 Å². The number of hydrogen-bond donors (Lipinski definition) is 2. The number of likely N-dealkylation sites (tertiary alicyclic amines) is 1. The lowest BCUT2D eigenvalue weighted by Gasteiger charge is -2.21. The van der Waals surface area contributed by atoms with Gasteiger partial charge in [0.25, 0.3) is 5.91 Å². The van der Waals surface area contributed by atoms with Gasteiger partial charge >= 0.3 is 0 Å². The van der Waals surface area contributed by atoms with Crippen molar-refractivity contribution in [2.45, 2.75) is 25.4 Å². The molecule has 0 unspecified atom stereocenters. The number of aryl methyl sites for hydroxylation is 2. The fourth-order valence-electron chi connectivity index (χ4n) is 2.78. The molecule has 0 aromatic carbocycles. The number of aliphatic hydroxyl groups is 1. The zero-order chi connectivity index (χ0) is 15.9. The average Bonchev–Trinajstić information content (AvgIpc) is 3.20. The van der Waals surface area contributed by atoms with Crippen LogP contribution in [0.15, 0.2) is 6.20 Å². The van der Waals surface area contributed by atoms with Gasteiger partial charge < -0.3 is 10.0 Å². The molecule has 118 valence electrons. The Labute approximate surface area is 132 Å². The Bertz CT molecular complexity index is 698. The van der Waals surface area contributed by atoms with Crippen molar-refractivity contribution in [3.63, 3.8) is 0 Å². The van der Waals surface area contributed by atoms with E-state index in [4.69, 9.17) is 11.6 Å². The lowest BCUT2D eigenvalue weighted by molar-refractivity contribution is 0.0382. The fraction of sp³-hybridized carbons (Fsp3) is 0.538. The number of β-amino-alcohol motifs (C(OH)–C–C–N with tert-alkyl or cyclic N) is 1. The molecule has 2 aromatic heterocycles. The van der Waals surface area contributed by atoms with E-state index in [1.165, 1.54) is 10.9 Å². The van der Waals surface area contributed by atoms with Crippen LogP contribution in [0.25, 0.3) is 0 Å². The number of nitrogens with one attached hydrogen (secondary N) is 1. The highest BCUT2D eigenvalue weighted by Gasteiger charge is 2.42. The van der Waals surface area contributed by atoms with Crippen molar-refractivity contribution in [3.8, 4) is 0 Å². The molecule has 0 spiro atoms. The zero-order valence-electron chi connectivity index (χ0n) is 12.4. The number of H-pyrrole nitrogens is 1. The summed E-state index contributed by atoms with van der Waals surface area (Å²) < 4.78 is 1.49. The van der Waals surface area contributed by atoms with Gasteiger partial charge in [-0.2, -0.15) is 20.5 Å². The molecule has 2 N–H and O–H groups in total. The van der Waals surface area contributed by atoms with Gasteiger partial charge in [0.15, 0.2) is 0 Å². The van der Waals surface area contributed by atoms with Gasteiger partial charge in [-0.1, -0.05) is 18.5 Å². The second-order valence-corrected chi connectivity index (χ2v) is 5.81. The highest BCUT2D eigenvalue weighted by molar-refractivity contribution is 6.33. The maximum Gasteiger partial charge on any atom is 0.259 e. The van der Waals surface area contributed by atoms with E-state index < -0.39 is 5.60 Å². The molecule has 22 heavy (non-hydrogen) atoms. The van der Waals surface area contributed by atoms with Crippen LogP contribution in [0.3, 0.4) is 0 Å². The van der Waals surface area contributed by atoms with Crippen molar-refractivity contribution in [1.29, 1.82) is 0 Å². The summed E-state index contributed by atoms with van der Waals surface area (Å²) in [5.41, 5.74) is 0.338. The van der Waals surface area contributed by atoms with E-state index in [1.54, 1.807) is 11.9 Å². The molecule has 0 bridgehead atoms. The molecule has 1 amide bonds. The Kier molecular flexibility index (Phi) is 3.65. The quantitative estimate of drug-likeness (QED) is 0.855. The van der Waals surface area contributed by atoms with Gasteiger partial charge in [0.1, 0.15) is 16.4 Å². The average molecular weight is 325 g/mol. The van der Waals surface area contributed by atoms with E-state index >= 15 is 0 Å². The van der Waals surface area contributed by atoms with Crippen molar-refractivity contribution >= 4 is 17.5 Å². The summed E-state index contributed by atoms with van der Waals surface area (Å²) in [7, 11) is 1.70. The molecule has 0 radical (unpaired) electrons. The van der Waals surface area contributed by atoms with Crippen LogP contribution in [-0.2, 0) is 19.1 Å². The first-order valence-electron chi connectivity index (χ1n) is 7.05. The van der Waals surface area contributed by atoms with Crippen molar-refractivity contribution in [3.05, 3.63) is 28.3 Å². The van der Waals surface area contributed by atoms with Gasteiger partial charge in [-0.25, -0.2) is 0 Å². The molecule has 1 atom stereocenters. The first-order valence-corrected chi connectivity index (χ1v) is 7.43. The molecule has 0 aliphatic carbocycles. The number of carbonyl (C=O) groups is 1. The highest BCUT2D eigenvalue weighted by atomic mass is 35.5. The van der Waals surface area contributed by atoms with Crippen molar-refractivity contribution < 1.29 is 9.90 Å². The SMILES string of the molecule is CCc1nn(C)c(Cl)c1C(=O)N1CC[C@](O)(c2cn[nH]n2)C1. The maximum atomic E-state index is 12.8. The van der Waals surface area contributed by atoms with Crippen LogP contribution in [-0.4, -0.2) is 54.2 Å². The molecule has 3 heterocycles. The molecule has 2 aromatic rings. The number of carbonyl (C=O) groups excluding carboxylic acids is 1. The van der Waals surface area contributed by atoms with Crippen LogP contribution in [0.2, 0.25) is 5.15 Å². The number of halogens is 1. The first-order chi connectivity index (χ1) is 10.5. The molecule has 8 nitrogen and oxygen atoms in total. The topological polar surface area (TPSA) is 99.9 Å². The van der Waals surface area contributed by atoms with E-state index in [1.807, 2.05) is 6.92 Å². The molecule has 9 heteroatoms. The van der Waals surface area contributed by atoms with Crippen molar-refractivity contribution in [1.82, 2.24) is 30.1 Å². The Morgan fingerprint density at radius 1 is 1.59 bits per heavy atom. The molecular weight excluding hydrogens is 308 g/mol. The molecule has 3 rings (SSSR count). The van der Waals surface area contributed by atoms with Crippen molar-refractivity contribution in [2.24, 2.45) is 7.05 Å². The Morgan fingerprint density at radius 3 is 3.00 bits per heavy atom. The van der Waals surface area contributed by atoms with Crippen LogP contribution < -0.4 is 0 Å². The first kappa shape index (κ1) is 15.0. The number of aromatic amines is 1. The van der Waals surface area contributed by atoms with Crippen LogP contribution in [0, 0.1) is 0 Å². The van der Waals surface area contributed by atoms with Crippen molar-refractivity contribution in [2.75, 3.05) is 13.1 Å². The third kappa shape index (κ3) is 2.28. The summed E-state index contributed by atoms with van der Waals surface area (Å²) in [6, 6.07) is 0. The predicted octanol–water partition coefficient (Wildman–Crippen LogP) is 0.488. The minimum Gasteiger partial charge on any atom is -0.381 e. The second-order valence-electron chi connectivity index (χ2n) is 5.45. The third-order valence-electron chi connectivity index (χ3n) is 4.03. The van der Waals surface area contributed by atoms with Crippen LogP contribution in [0.1, 0.15) is 35.1 Å². The summed E-state index contributed by atoms with van der Waals surface area (Å²) in [5.74, 6) is -0.214. The Morgan fingerprint density at radius 2 is 2.36 bits per heavy atom. The minimum absolute atomic E-state index is 0.159. The lowest BCUT2D eigenvalue weighted by atomic mass is 10.00. The van der Waals surface area contributed by atoms with E-state index in [0.29, 0.717) is 41.5 Å². The normalized spacial score (nSPS) is 21.5. The van der Waals surface area contributed by atoms with Crippen LogP contribution in [0.4, 0.5) is 0 Å². The standard InChI is InChI=1S/C13H17ClN6O2/c1-3-8-10(11(14)19(2)17-8)12(21)20-5-4-13(22,7-20)9-6-15-18-16-9/h6,22H,3-5,7H2,1-2H3,(H,15,16,18)/t13-/m1/s1. The van der Waals surface area contributed by atoms with E-state index in [2.05, 4.69) is 20.5 Å². The van der Waals surface area contributed by atoms with Gasteiger partial charge in [0, 0.05) is 20.0 Å². The van der Waals surface area contributed by atoms with Gasteiger partial charge in [-0.3, -0.25) is 9.48 Å². The van der Waals surface area contributed by atoms with E-state index in [0.717, 1.165) is 0 Å². The van der Waals surface area contributed by atoms with Gasteiger partial charge in [0.2, 0.25) is 0 Å². The number of aromatic nitrogens is 5. The smallest absolute Gasteiger partial charge is 0.259 e. The fourth-order valence-corrected chi connectivity index (χ4v) is 3.00. The number of nitrogens with zero attached hydrogens (tertiary/aromatic N) is 5. The second kappa shape index (κ2) is 5.36. The maximum absolute atomic E-state index is 12.8. The van der Waals surface area contributed by atoms with Crippen LogP contribution in [0.5, 0.6) is 0 Å². The highest BCUT2D eigenvalue weighted by Crippen LogP contribution is 2.32. The molecule has 1 fully saturated rings. The summed E-state index contributed by atoms with van der Waals surface area (Å²) in [4.78, 5) is 14.3. The predicted molar refractivity (Wildman–Crippen MR) is 78.4 cm³/mol. The van der Waals surface area contributed by atoms with E-state index in [-0.39, 0.29) is 12.5 Å². The Hall–Kier alpha value is -1.93. The number of rotatable bonds is 3. The largest absolute Gasteiger partial charge is 0.381 e. The summed E-state index contributed by atoms with van der Waals surface area (Å²) >= 11 is 6.20. The van der Waals surface area contributed by atoms with Gasteiger partial charge in [-0.15, -0.1) is 0 Å². The summed E-state index contributed by atoms with van der Waals surface area (Å²) in [6.45, 7) is 2.51. The Balaban J connectivity index is 1.86. The lowest BCUT2D eigenvalue weighted by Crippen LogP contribution is -2.35. The van der Waals surface area contributed by atoms with Gasteiger partial charge in [0.05, 0.1) is 24.0 Å². The summed E-state index contributed by atoms with van der Waals surface area (Å²) in [6.07, 6.45) is 2.50. The minimum atomic E-state index is -1.18. The number of hydrogen-bond acceptors (Lipinski definition) is 5. The molecular formula is C13H17ClN6O2.